The molecule has 1 aromatic heterocycles. The van der Waals surface area contributed by atoms with E-state index in [-0.39, 0.29) is 28.8 Å². The first-order chi connectivity index (χ1) is 15.3. The Morgan fingerprint density at radius 2 is 1.88 bits per heavy atom. The predicted molar refractivity (Wildman–Crippen MR) is 126 cm³/mol. The number of phenols is 1. The summed E-state index contributed by atoms with van der Waals surface area (Å²) in [5.41, 5.74) is 1.40. The van der Waals surface area contributed by atoms with Crippen LogP contribution in [0.4, 0.5) is 0 Å². The molecule has 0 spiro atoms. The number of fused-ring (bicyclic) bond motifs is 1. The summed E-state index contributed by atoms with van der Waals surface area (Å²) < 4.78 is 0. The van der Waals surface area contributed by atoms with Gasteiger partial charge in [-0.1, -0.05) is 49.3 Å². The van der Waals surface area contributed by atoms with E-state index in [4.69, 9.17) is 0 Å². The van der Waals surface area contributed by atoms with E-state index < -0.39 is 11.5 Å². The van der Waals surface area contributed by atoms with Crippen LogP contribution in [-0.4, -0.2) is 21.0 Å². The van der Waals surface area contributed by atoms with Crippen LogP contribution in [0.15, 0.2) is 59.1 Å². The summed E-state index contributed by atoms with van der Waals surface area (Å²) in [5.74, 6) is 0.391. The number of benzene rings is 1. The van der Waals surface area contributed by atoms with Gasteiger partial charge in [0.25, 0.3) is 5.56 Å². The normalized spacial score (nSPS) is 27.7. The van der Waals surface area contributed by atoms with Gasteiger partial charge in [0.2, 0.25) is 0 Å². The smallest absolute Gasteiger partial charge is 0.262 e. The topological polar surface area (TPSA) is 90.4 Å². The molecule has 1 saturated carbocycles. The number of aromatic amines is 1. The average Bonchev–Trinajstić information content (AvgIpc) is 2.76. The Kier molecular flexibility index (Phi) is 6.09. The van der Waals surface area contributed by atoms with Crippen molar-refractivity contribution in [1.29, 1.82) is 0 Å². The molecule has 168 valence electrons. The second-order valence-electron chi connectivity index (χ2n) is 9.39. The maximum absolute atomic E-state index is 13.8. The molecule has 5 heteroatoms. The molecule has 0 aliphatic heterocycles. The number of allylic oxidation sites excluding steroid dienone is 4. The Hall–Kier alpha value is -3.08. The number of aromatic nitrogens is 1. The third kappa shape index (κ3) is 3.92. The van der Waals surface area contributed by atoms with Gasteiger partial charge in [0.05, 0.1) is 0 Å². The van der Waals surface area contributed by atoms with Crippen molar-refractivity contribution in [2.45, 2.75) is 40.0 Å². The first-order valence-electron chi connectivity index (χ1n) is 11.4. The van der Waals surface area contributed by atoms with Crippen LogP contribution in [0.1, 0.15) is 50.4 Å². The van der Waals surface area contributed by atoms with Crippen molar-refractivity contribution in [1.82, 2.24) is 4.98 Å². The average molecular weight is 434 g/mol. The molecule has 4 rings (SSSR count). The summed E-state index contributed by atoms with van der Waals surface area (Å²) in [5, 5.41) is 20.6. The number of Topliss-reactive ketones (excluding diaryl/α,β-unsaturated/α-hetero) is 1. The van der Waals surface area contributed by atoms with Crippen molar-refractivity contribution >= 4 is 5.78 Å². The van der Waals surface area contributed by atoms with E-state index in [1.165, 1.54) is 30.3 Å². The first kappa shape index (κ1) is 22.1. The van der Waals surface area contributed by atoms with Crippen molar-refractivity contribution in [3.63, 3.8) is 0 Å². The number of H-pyrrole nitrogens is 1. The lowest BCUT2D eigenvalue weighted by Crippen LogP contribution is -2.40. The third-order valence-corrected chi connectivity index (χ3v) is 7.31. The highest BCUT2D eigenvalue weighted by atomic mass is 16.3. The zero-order valence-corrected chi connectivity index (χ0v) is 18.8. The lowest BCUT2D eigenvalue weighted by Gasteiger charge is -2.45. The van der Waals surface area contributed by atoms with Gasteiger partial charge in [-0.05, 0) is 68.1 Å². The maximum Gasteiger partial charge on any atom is 0.262 e. The zero-order chi connectivity index (χ0) is 23.0. The van der Waals surface area contributed by atoms with E-state index >= 15 is 0 Å². The van der Waals surface area contributed by atoms with Crippen molar-refractivity contribution in [2.75, 3.05) is 0 Å². The predicted octanol–water partition coefficient (Wildman–Crippen LogP) is 5.46. The van der Waals surface area contributed by atoms with Gasteiger partial charge in [-0.2, -0.15) is 0 Å². The molecule has 1 heterocycles. The number of aromatic hydroxyl groups is 2. The van der Waals surface area contributed by atoms with Crippen molar-refractivity contribution < 1.29 is 15.0 Å². The van der Waals surface area contributed by atoms with Crippen LogP contribution < -0.4 is 5.56 Å². The van der Waals surface area contributed by atoms with Crippen LogP contribution in [0.3, 0.4) is 0 Å². The van der Waals surface area contributed by atoms with Gasteiger partial charge in [-0.25, -0.2) is 0 Å². The molecule has 5 nitrogen and oxygen atoms in total. The lowest BCUT2D eigenvalue weighted by molar-refractivity contribution is 0.0803. The Morgan fingerprint density at radius 1 is 1.16 bits per heavy atom. The van der Waals surface area contributed by atoms with E-state index in [0.717, 1.165) is 12.8 Å². The maximum atomic E-state index is 13.8. The minimum Gasteiger partial charge on any atom is -0.508 e. The van der Waals surface area contributed by atoms with Crippen LogP contribution >= 0.6 is 0 Å². The van der Waals surface area contributed by atoms with Gasteiger partial charge in [0, 0.05) is 17.7 Å². The quantitative estimate of drug-likeness (QED) is 0.441. The monoisotopic (exact) mass is 433 g/mol. The molecular formula is C27H31NO4. The Labute approximate surface area is 188 Å². The second kappa shape index (κ2) is 8.81. The SMILES string of the molecule is C/C=C/C1C(C(=O)c2c(O)c(-c3ccc(O)cc3)c[nH]c2=O)C=C(C)C2CCC(C)CC21. The Morgan fingerprint density at radius 3 is 2.56 bits per heavy atom. The highest BCUT2D eigenvalue weighted by Gasteiger charge is 2.43. The van der Waals surface area contributed by atoms with E-state index in [1.54, 1.807) is 12.1 Å². The number of pyridine rings is 1. The second-order valence-corrected chi connectivity index (χ2v) is 9.39. The number of nitrogens with one attached hydrogen (secondary N) is 1. The molecular weight excluding hydrogens is 402 g/mol. The van der Waals surface area contributed by atoms with Gasteiger partial charge in [0.15, 0.2) is 5.78 Å². The van der Waals surface area contributed by atoms with Crippen LogP contribution in [0, 0.1) is 29.6 Å². The summed E-state index contributed by atoms with van der Waals surface area (Å²) in [6.45, 7) is 6.32. The zero-order valence-electron chi connectivity index (χ0n) is 18.8. The van der Waals surface area contributed by atoms with E-state index in [2.05, 4.69) is 24.9 Å². The fraction of sp³-hybridized carbons (Fsp3) is 0.407. The molecule has 2 aromatic rings. The molecule has 5 unspecified atom stereocenters. The van der Waals surface area contributed by atoms with E-state index in [0.29, 0.717) is 28.9 Å². The molecule has 0 radical (unpaired) electrons. The molecule has 2 aliphatic rings. The molecule has 3 N–H and O–H groups in total. The standard InChI is InChI=1S/C27H31NO4/c1-4-5-20-21-12-15(2)6-11-19(21)16(3)13-22(20)25(30)24-26(31)23(14-28-27(24)32)17-7-9-18(29)10-8-17/h4-5,7-10,13-15,19-22,29H,6,11-12H2,1-3H3,(H2,28,31,32)/b5-4+. The number of hydrogen-bond donors (Lipinski definition) is 3. The first-order valence-corrected chi connectivity index (χ1v) is 11.4. The van der Waals surface area contributed by atoms with Crippen LogP contribution in [0.2, 0.25) is 0 Å². The number of phenolic OH excluding ortho intramolecular Hbond substituents is 1. The number of carbonyl (C=O) groups is 1. The summed E-state index contributed by atoms with van der Waals surface area (Å²) in [7, 11) is 0. The minimum atomic E-state index is -0.584. The fourth-order valence-corrected chi connectivity index (χ4v) is 5.71. The van der Waals surface area contributed by atoms with Gasteiger partial charge < -0.3 is 15.2 Å². The summed E-state index contributed by atoms with van der Waals surface area (Å²) in [6.07, 6.45) is 10.9. The van der Waals surface area contributed by atoms with Crippen molar-refractivity contribution in [2.24, 2.45) is 29.6 Å². The largest absolute Gasteiger partial charge is 0.508 e. The summed E-state index contributed by atoms with van der Waals surface area (Å²) in [6, 6.07) is 6.28. The van der Waals surface area contributed by atoms with Gasteiger partial charge >= 0.3 is 0 Å². The van der Waals surface area contributed by atoms with Gasteiger partial charge in [0.1, 0.15) is 17.1 Å². The van der Waals surface area contributed by atoms with Crippen LogP contribution in [-0.2, 0) is 0 Å². The number of carbonyl (C=O) groups excluding carboxylic acids is 1. The molecule has 5 atom stereocenters. The Bertz CT molecular complexity index is 1130. The van der Waals surface area contributed by atoms with Crippen molar-refractivity contribution in [3.8, 4) is 22.6 Å². The molecule has 1 aromatic carbocycles. The highest BCUT2D eigenvalue weighted by molar-refractivity contribution is 6.03. The number of ketones is 1. The summed E-state index contributed by atoms with van der Waals surface area (Å²) >= 11 is 0. The molecule has 0 saturated heterocycles. The van der Waals surface area contributed by atoms with E-state index in [9.17, 15) is 19.8 Å². The number of rotatable bonds is 4. The molecule has 1 fully saturated rings. The minimum absolute atomic E-state index is 0.0000727. The van der Waals surface area contributed by atoms with Crippen molar-refractivity contribution in [3.05, 3.63) is 70.2 Å². The number of hydrogen-bond acceptors (Lipinski definition) is 4. The fourth-order valence-electron chi connectivity index (χ4n) is 5.71. The molecule has 0 bridgehead atoms. The highest BCUT2D eigenvalue weighted by Crippen LogP contribution is 2.49. The molecule has 32 heavy (non-hydrogen) atoms. The van der Waals surface area contributed by atoms with Gasteiger partial charge in [-0.15, -0.1) is 0 Å². The Balaban J connectivity index is 1.79. The summed E-state index contributed by atoms with van der Waals surface area (Å²) in [4.78, 5) is 29.1. The van der Waals surface area contributed by atoms with Crippen LogP contribution in [0.25, 0.3) is 11.1 Å². The molecule has 2 aliphatic carbocycles. The van der Waals surface area contributed by atoms with Crippen LogP contribution in [0.5, 0.6) is 11.5 Å². The molecule has 0 amide bonds. The van der Waals surface area contributed by atoms with E-state index in [1.807, 2.05) is 19.1 Å². The lowest BCUT2D eigenvalue weighted by atomic mass is 9.59. The third-order valence-electron chi connectivity index (χ3n) is 7.31. The van der Waals surface area contributed by atoms with Gasteiger partial charge in [-0.3, -0.25) is 9.59 Å².